The van der Waals surface area contributed by atoms with Gasteiger partial charge in [-0.1, -0.05) is 44.4 Å². The van der Waals surface area contributed by atoms with Gasteiger partial charge < -0.3 is 5.32 Å². The van der Waals surface area contributed by atoms with Crippen LogP contribution >= 0.6 is 0 Å². The maximum Gasteiger partial charge on any atom is 0.127 e. The second-order valence-electron chi connectivity index (χ2n) is 5.57. The van der Waals surface area contributed by atoms with E-state index in [9.17, 15) is 4.39 Å². The Balaban J connectivity index is 1.81. The minimum atomic E-state index is -0.103. The fraction of sp³-hybridized carbons (Fsp3) is 0.600. The van der Waals surface area contributed by atoms with Crippen molar-refractivity contribution in [1.29, 1.82) is 0 Å². The maximum atomic E-state index is 13.4. The first kappa shape index (κ1) is 12.6. The van der Waals surface area contributed by atoms with Gasteiger partial charge in [-0.25, -0.2) is 4.39 Å². The number of rotatable bonds is 4. The molecule has 0 spiro atoms. The Morgan fingerprint density at radius 3 is 2.59 bits per heavy atom. The average Bonchev–Trinajstić information content (AvgIpc) is 2.32. The first-order valence-electron chi connectivity index (χ1n) is 6.64. The highest BCUT2D eigenvalue weighted by Crippen LogP contribution is 2.34. The molecule has 1 N–H and O–H groups in total. The third kappa shape index (κ3) is 3.53. The van der Waals surface area contributed by atoms with Crippen molar-refractivity contribution in [2.75, 3.05) is 6.54 Å². The average molecular weight is 235 g/mol. The summed E-state index contributed by atoms with van der Waals surface area (Å²) in [4.78, 5) is 0. The van der Waals surface area contributed by atoms with Gasteiger partial charge >= 0.3 is 0 Å². The maximum absolute atomic E-state index is 13.4. The summed E-state index contributed by atoms with van der Waals surface area (Å²) in [7, 11) is 0. The molecule has 1 aliphatic rings. The zero-order valence-electron chi connectivity index (χ0n) is 10.6. The van der Waals surface area contributed by atoms with Gasteiger partial charge in [0.1, 0.15) is 5.82 Å². The number of benzene rings is 1. The standard InChI is InChI=1S/C15H22FN/c1-15(9-5-2-6-10-15)12-17-11-13-7-3-4-8-14(13)16/h3-4,7-8,17H,2,5-6,9-12H2,1H3. The lowest BCUT2D eigenvalue weighted by Gasteiger charge is -2.33. The van der Waals surface area contributed by atoms with Gasteiger partial charge in [0.05, 0.1) is 0 Å². The highest BCUT2D eigenvalue weighted by atomic mass is 19.1. The van der Waals surface area contributed by atoms with Crippen molar-refractivity contribution in [3.05, 3.63) is 35.6 Å². The number of hydrogen-bond acceptors (Lipinski definition) is 1. The van der Waals surface area contributed by atoms with E-state index in [-0.39, 0.29) is 5.82 Å². The quantitative estimate of drug-likeness (QED) is 0.835. The van der Waals surface area contributed by atoms with Crippen LogP contribution in [0, 0.1) is 11.2 Å². The zero-order valence-corrected chi connectivity index (χ0v) is 10.6. The summed E-state index contributed by atoms with van der Waals surface area (Å²) >= 11 is 0. The van der Waals surface area contributed by atoms with E-state index in [1.165, 1.54) is 38.2 Å². The molecule has 17 heavy (non-hydrogen) atoms. The molecule has 0 radical (unpaired) electrons. The second-order valence-corrected chi connectivity index (χ2v) is 5.57. The van der Waals surface area contributed by atoms with Crippen LogP contribution in [0.1, 0.15) is 44.6 Å². The van der Waals surface area contributed by atoms with Gasteiger partial charge in [0.25, 0.3) is 0 Å². The minimum absolute atomic E-state index is 0.103. The molecular weight excluding hydrogens is 213 g/mol. The van der Waals surface area contributed by atoms with Crippen LogP contribution in [0.25, 0.3) is 0 Å². The molecule has 1 aromatic rings. The van der Waals surface area contributed by atoms with Gasteiger partial charge in [0.2, 0.25) is 0 Å². The van der Waals surface area contributed by atoms with E-state index in [1.807, 2.05) is 12.1 Å². The van der Waals surface area contributed by atoms with Gasteiger partial charge in [0.15, 0.2) is 0 Å². The van der Waals surface area contributed by atoms with E-state index >= 15 is 0 Å². The fourth-order valence-electron chi connectivity index (χ4n) is 2.72. The lowest BCUT2D eigenvalue weighted by atomic mass is 9.76. The van der Waals surface area contributed by atoms with Crippen molar-refractivity contribution in [1.82, 2.24) is 5.32 Å². The summed E-state index contributed by atoms with van der Waals surface area (Å²) in [5, 5.41) is 3.41. The molecule has 0 aliphatic heterocycles. The van der Waals surface area contributed by atoms with Crippen molar-refractivity contribution in [2.45, 2.75) is 45.6 Å². The number of nitrogens with one attached hydrogen (secondary N) is 1. The van der Waals surface area contributed by atoms with Crippen LogP contribution in [0.3, 0.4) is 0 Å². The molecule has 1 aromatic carbocycles. The first-order valence-corrected chi connectivity index (χ1v) is 6.64. The lowest BCUT2D eigenvalue weighted by Crippen LogP contribution is -2.33. The van der Waals surface area contributed by atoms with Crippen LogP contribution in [0.5, 0.6) is 0 Å². The molecule has 1 fully saturated rings. The molecule has 1 aliphatic carbocycles. The van der Waals surface area contributed by atoms with Crippen molar-refractivity contribution >= 4 is 0 Å². The highest BCUT2D eigenvalue weighted by molar-refractivity contribution is 5.16. The Morgan fingerprint density at radius 2 is 1.88 bits per heavy atom. The summed E-state index contributed by atoms with van der Waals surface area (Å²) < 4.78 is 13.4. The molecule has 94 valence electrons. The van der Waals surface area contributed by atoms with E-state index in [0.717, 1.165) is 12.1 Å². The SMILES string of the molecule is CC1(CNCc2ccccc2F)CCCCC1. The van der Waals surface area contributed by atoms with Crippen LogP contribution in [0.2, 0.25) is 0 Å². The summed E-state index contributed by atoms with van der Waals surface area (Å²) in [5.74, 6) is -0.103. The highest BCUT2D eigenvalue weighted by Gasteiger charge is 2.25. The van der Waals surface area contributed by atoms with Crippen molar-refractivity contribution in [3.8, 4) is 0 Å². The zero-order chi connectivity index (χ0) is 12.1. The van der Waals surface area contributed by atoms with E-state index in [4.69, 9.17) is 0 Å². The van der Waals surface area contributed by atoms with Crippen LogP contribution in [0.4, 0.5) is 4.39 Å². The smallest absolute Gasteiger partial charge is 0.127 e. The molecule has 0 atom stereocenters. The molecule has 0 bridgehead atoms. The van der Waals surface area contributed by atoms with Crippen LogP contribution < -0.4 is 5.32 Å². The Hall–Kier alpha value is -0.890. The second kappa shape index (κ2) is 5.63. The van der Waals surface area contributed by atoms with E-state index in [1.54, 1.807) is 6.07 Å². The third-order valence-corrected chi connectivity index (χ3v) is 3.89. The van der Waals surface area contributed by atoms with Gasteiger partial charge in [-0.15, -0.1) is 0 Å². The van der Waals surface area contributed by atoms with Gasteiger partial charge in [-0.3, -0.25) is 0 Å². The normalized spacial score (nSPS) is 19.2. The minimum Gasteiger partial charge on any atom is -0.312 e. The van der Waals surface area contributed by atoms with Gasteiger partial charge in [-0.2, -0.15) is 0 Å². The van der Waals surface area contributed by atoms with Crippen LogP contribution in [-0.4, -0.2) is 6.54 Å². The largest absolute Gasteiger partial charge is 0.312 e. The molecular formula is C15H22FN. The van der Waals surface area contributed by atoms with Crippen molar-refractivity contribution in [2.24, 2.45) is 5.41 Å². The Kier molecular flexibility index (Phi) is 4.16. The molecule has 0 aromatic heterocycles. The van der Waals surface area contributed by atoms with Gasteiger partial charge in [0, 0.05) is 18.7 Å². The number of hydrogen-bond donors (Lipinski definition) is 1. The van der Waals surface area contributed by atoms with E-state index in [0.29, 0.717) is 12.0 Å². The monoisotopic (exact) mass is 235 g/mol. The predicted octanol–water partition coefficient (Wildman–Crippen LogP) is 3.89. The van der Waals surface area contributed by atoms with Crippen molar-refractivity contribution in [3.63, 3.8) is 0 Å². The molecule has 0 heterocycles. The third-order valence-electron chi connectivity index (χ3n) is 3.89. The Morgan fingerprint density at radius 1 is 1.18 bits per heavy atom. The molecule has 0 saturated heterocycles. The summed E-state index contributed by atoms with van der Waals surface area (Å²) in [6.07, 6.45) is 6.67. The first-order chi connectivity index (χ1) is 8.20. The fourth-order valence-corrected chi connectivity index (χ4v) is 2.72. The van der Waals surface area contributed by atoms with Gasteiger partial charge in [-0.05, 0) is 24.3 Å². The molecule has 1 nitrogen and oxygen atoms in total. The van der Waals surface area contributed by atoms with E-state index < -0.39 is 0 Å². The summed E-state index contributed by atoms with van der Waals surface area (Å²) in [6, 6.07) is 7.01. The summed E-state index contributed by atoms with van der Waals surface area (Å²) in [5.41, 5.74) is 1.19. The molecule has 2 heteroatoms. The topological polar surface area (TPSA) is 12.0 Å². The Labute approximate surface area is 103 Å². The molecule has 2 rings (SSSR count). The van der Waals surface area contributed by atoms with Crippen molar-refractivity contribution < 1.29 is 4.39 Å². The number of halogens is 1. The molecule has 1 saturated carbocycles. The van der Waals surface area contributed by atoms with Crippen LogP contribution in [0.15, 0.2) is 24.3 Å². The van der Waals surface area contributed by atoms with E-state index in [2.05, 4.69) is 12.2 Å². The lowest BCUT2D eigenvalue weighted by molar-refractivity contribution is 0.207. The molecule has 0 amide bonds. The predicted molar refractivity (Wildman–Crippen MR) is 69.3 cm³/mol. The molecule has 0 unspecified atom stereocenters. The van der Waals surface area contributed by atoms with Crippen LogP contribution in [-0.2, 0) is 6.54 Å². The Bertz CT molecular complexity index is 356. The summed E-state index contributed by atoms with van der Waals surface area (Å²) in [6.45, 7) is 3.99.